The number of ether oxygens (including phenoxy) is 1. The zero-order valence-electron chi connectivity index (χ0n) is 22.9. The van der Waals surface area contributed by atoms with Crippen molar-refractivity contribution in [1.82, 2.24) is 9.88 Å². The molecule has 0 unspecified atom stereocenters. The lowest BCUT2D eigenvalue weighted by atomic mass is 9.79. The number of para-hydroxylation sites is 1. The van der Waals surface area contributed by atoms with Crippen molar-refractivity contribution in [3.8, 4) is 22.8 Å². The fraction of sp³-hybridized carbons (Fsp3) is 0.273. The molecule has 0 bridgehead atoms. The summed E-state index contributed by atoms with van der Waals surface area (Å²) in [6, 6.07) is 26.3. The molecule has 2 aliphatic rings. The molecule has 4 aromatic rings. The first kappa shape index (κ1) is 26.9. The number of pyridine rings is 1. The van der Waals surface area contributed by atoms with Crippen LogP contribution in [-0.2, 0) is 0 Å². The van der Waals surface area contributed by atoms with Gasteiger partial charge in [0.2, 0.25) is 0 Å². The van der Waals surface area contributed by atoms with E-state index in [1.54, 1.807) is 0 Å². The Labute approximate surface area is 243 Å². The van der Waals surface area contributed by atoms with Gasteiger partial charge in [-0.3, -0.25) is 4.79 Å². The Morgan fingerprint density at radius 2 is 1.93 bits per heavy atom. The standard InChI is InChI=1S/C33H31N5O2S/c1-3-22(20-35-37-34)24-15-16-38-31(18-24)32(41-33(38)39)28-19-30(36-29-14-9-21(2)17-27(28)29)23-10-12-26(13-11-23)40-25-7-5-4-6-8-25/h3-14,17,19,22,24,31-32H,1,15-16,18,20H2,2H3/t22-,24-,31-,32-/m0/s1. The molecule has 0 spiro atoms. The quantitative estimate of drug-likeness (QED) is 0.0928. The summed E-state index contributed by atoms with van der Waals surface area (Å²) < 4.78 is 5.99. The molecule has 8 heteroatoms. The van der Waals surface area contributed by atoms with Gasteiger partial charge in [0.1, 0.15) is 11.5 Å². The molecule has 2 saturated heterocycles. The minimum absolute atomic E-state index is 0.0260. The first-order chi connectivity index (χ1) is 20.0. The molecule has 0 N–H and O–H groups in total. The van der Waals surface area contributed by atoms with Gasteiger partial charge in [0.15, 0.2) is 0 Å². The zero-order valence-corrected chi connectivity index (χ0v) is 23.7. The lowest BCUT2D eigenvalue weighted by Gasteiger charge is -2.39. The van der Waals surface area contributed by atoms with Crippen LogP contribution in [0.25, 0.3) is 32.6 Å². The van der Waals surface area contributed by atoms with Crippen molar-refractivity contribution in [2.24, 2.45) is 17.0 Å². The molecular weight excluding hydrogens is 530 g/mol. The van der Waals surface area contributed by atoms with E-state index in [0.29, 0.717) is 19.0 Å². The highest BCUT2D eigenvalue weighted by Crippen LogP contribution is 2.51. The first-order valence-electron chi connectivity index (χ1n) is 13.9. The number of benzene rings is 3. The summed E-state index contributed by atoms with van der Waals surface area (Å²) in [5.41, 5.74) is 13.9. The van der Waals surface area contributed by atoms with E-state index in [1.165, 1.54) is 11.8 Å². The number of aromatic nitrogens is 1. The Morgan fingerprint density at radius 3 is 2.68 bits per heavy atom. The summed E-state index contributed by atoms with van der Waals surface area (Å²) in [5.74, 6) is 1.95. The zero-order chi connectivity index (χ0) is 28.3. The Hall–Kier alpha value is -4.26. The number of nitrogens with zero attached hydrogens (tertiary/aromatic N) is 5. The van der Waals surface area contributed by atoms with Crippen molar-refractivity contribution < 1.29 is 9.53 Å². The predicted molar refractivity (Wildman–Crippen MR) is 165 cm³/mol. The maximum Gasteiger partial charge on any atom is 0.282 e. The maximum absolute atomic E-state index is 13.2. The van der Waals surface area contributed by atoms with Crippen LogP contribution in [0.2, 0.25) is 0 Å². The molecule has 0 radical (unpaired) electrons. The molecule has 3 heterocycles. The highest BCUT2D eigenvalue weighted by atomic mass is 32.2. The van der Waals surface area contributed by atoms with E-state index in [4.69, 9.17) is 15.3 Å². The molecule has 6 rings (SSSR count). The largest absolute Gasteiger partial charge is 0.457 e. The number of aryl methyl sites for hydroxylation is 1. The minimum atomic E-state index is -0.0260. The molecule has 3 aromatic carbocycles. The number of fused-ring (bicyclic) bond motifs is 2. The second-order valence-corrected chi connectivity index (χ2v) is 11.8. The molecule has 206 valence electrons. The first-order valence-corrected chi connectivity index (χ1v) is 14.8. The second-order valence-electron chi connectivity index (χ2n) is 10.7. The number of azide groups is 1. The summed E-state index contributed by atoms with van der Waals surface area (Å²) in [5, 5.41) is 5.02. The minimum Gasteiger partial charge on any atom is -0.457 e. The fourth-order valence-corrected chi connectivity index (χ4v) is 7.38. The molecular formula is C33H31N5O2S. The van der Waals surface area contributed by atoms with Gasteiger partial charge in [0.05, 0.1) is 16.5 Å². The van der Waals surface area contributed by atoms with Gasteiger partial charge < -0.3 is 9.64 Å². The summed E-state index contributed by atoms with van der Waals surface area (Å²) in [7, 11) is 0. The predicted octanol–water partition coefficient (Wildman–Crippen LogP) is 9.10. The SMILES string of the molecule is C=C[C@@H](CN=[N+]=[N-])[C@H]1CCN2C(=O)S[C@@H](c3cc(-c4ccc(Oc5ccccc5)cc4)nc4ccc(C)cc34)[C@@H]2C1. The Kier molecular flexibility index (Phi) is 7.68. The summed E-state index contributed by atoms with van der Waals surface area (Å²) >= 11 is 1.42. The number of hydrogen-bond acceptors (Lipinski definition) is 5. The Bertz CT molecular complexity index is 1640. The molecule has 0 aliphatic carbocycles. The monoisotopic (exact) mass is 561 g/mol. The van der Waals surface area contributed by atoms with Crippen LogP contribution in [0.1, 0.15) is 29.2 Å². The lowest BCUT2D eigenvalue weighted by Crippen LogP contribution is -2.43. The van der Waals surface area contributed by atoms with E-state index in [0.717, 1.165) is 57.6 Å². The third-order valence-electron chi connectivity index (χ3n) is 8.19. The van der Waals surface area contributed by atoms with E-state index >= 15 is 0 Å². The normalized spacial score (nSPS) is 20.8. The second kappa shape index (κ2) is 11.7. The number of carbonyl (C=O) groups excluding carboxylic acids is 1. The number of piperidine rings is 1. The molecule has 7 nitrogen and oxygen atoms in total. The van der Waals surface area contributed by atoms with Crippen molar-refractivity contribution in [2.75, 3.05) is 13.1 Å². The van der Waals surface area contributed by atoms with Crippen LogP contribution < -0.4 is 4.74 Å². The van der Waals surface area contributed by atoms with Crippen molar-refractivity contribution in [3.05, 3.63) is 113 Å². The highest BCUT2D eigenvalue weighted by Gasteiger charge is 2.46. The fourth-order valence-electron chi connectivity index (χ4n) is 6.07. The van der Waals surface area contributed by atoms with Crippen LogP contribution in [0.4, 0.5) is 4.79 Å². The number of thioether (sulfide) groups is 1. The van der Waals surface area contributed by atoms with E-state index in [1.807, 2.05) is 65.6 Å². The average Bonchev–Trinajstić information content (AvgIpc) is 3.33. The van der Waals surface area contributed by atoms with Gasteiger partial charge in [0, 0.05) is 35.0 Å². The van der Waals surface area contributed by atoms with Crippen molar-refractivity contribution >= 4 is 27.9 Å². The van der Waals surface area contributed by atoms with E-state index in [2.05, 4.69) is 47.8 Å². The molecule has 41 heavy (non-hydrogen) atoms. The van der Waals surface area contributed by atoms with Gasteiger partial charge in [-0.1, -0.05) is 52.8 Å². The highest BCUT2D eigenvalue weighted by molar-refractivity contribution is 8.14. The maximum atomic E-state index is 13.2. The van der Waals surface area contributed by atoms with E-state index < -0.39 is 0 Å². The van der Waals surface area contributed by atoms with Gasteiger partial charge in [-0.15, -0.1) is 6.58 Å². The molecule has 2 aliphatic heterocycles. The van der Waals surface area contributed by atoms with Crippen LogP contribution in [0.15, 0.2) is 96.6 Å². The molecule has 1 amide bonds. The van der Waals surface area contributed by atoms with Crippen LogP contribution >= 0.6 is 11.8 Å². The molecule has 4 atom stereocenters. The summed E-state index contributed by atoms with van der Waals surface area (Å²) in [4.78, 5) is 23.3. The average molecular weight is 562 g/mol. The van der Waals surface area contributed by atoms with Crippen LogP contribution in [0, 0.1) is 18.8 Å². The third kappa shape index (κ3) is 5.53. The van der Waals surface area contributed by atoms with Crippen LogP contribution in [-0.4, -0.2) is 34.3 Å². The van der Waals surface area contributed by atoms with Gasteiger partial charge in [-0.05, 0) is 97.3 Å². The number of hydrogen-bond donors (Lipinski definition) is 0. The Morgan fingerprint density at radius 1 is 1.15 bits per heavy atom. The van der Waals surface area contributed by atoms with Crippen LogP contribution in [0.5, 0.6) is 11.5 Å². The topological polar surface area (TPSA) is 91.2 Å². The van der Waals surface area contributed by atoms with E-state index in [9.17, 15) is 4.79 Å². The smallest absolute Gasteiger partial charge is 0.282 e. The van der Waals surface area contributed by atoms with Crippen molar-refractivity contribution in [3.63, 3.8) is 0 Å². The number of rotatable bonds is 8. The molecule has 1 aromatic heterocycles. The van der Waals surface area contributed by atoms with Gasteiger partial charge >= 0.3 is 0 Å². The van der Waals surface area contributed by atoms with Crippen molar-refractivity contribution in [2.45, 2.75) is 31.1 Å². The molecule has 2 fully saturated rings. The summed E-state index contributed by atoms with van der Waals surface area (Å²) in [6.45, 7) is 7.19. The van der Waals surface area contributed by atoms with Crippen molar-refractivity contribution in [1.29, 1.82) is 0 Å². The van der Waals surface area contributed by atoms with E-state index in [-0.39, 0.29) is 22.4 Å². The Balaban J connectivity index is 1.36. The lowest BCUT2D eigenvalue weighted by molar-refractivity contribution is 0.136. The van der Waals surface area contributed by atoms with Gasteiger partial charge in [-0.2, -0.15) is 0 Å². The number of amides is 1. The molecule has 0 saturated carbocycles. The number of carbonyl (C=O) groups is 1. The van der Waals surface area contributed by atoms with Crippen LogP contribution in [0.3, 0.4) is 0 Å². The summed E-state index contributed by atoms with van der Waals surface area (Å²) in [6.07, 6.45) is 3.63. The van der Waals surface area contributed by atoms with Gasteiger partial charge in [0.25, 0.3) is 5.24 Å². The van der Waals surface area contributed by atoms with Gasteiger partial charge in [-0.25, -0.2) is 4.98 Å². The third-order valence-corrected chi connectivity index (χ3v) is 9.45.